The van der Waals surface area contributed by atoms with Gasteiger partial charge in [0.1, 0.15) is 10.8 Å². The number of hydrogen-bond acceptors (Lipinski definition) is 3. The molecule has 1 aliphatic rings. The first-order valence-electron chi connectivity index (χ1n) is 5.18. The molecule has 0 spiro atoms. The zero-order chi connectivity index (χ0) is 11.1. The van der Waals surface area contributed by atoms with Crippen LogP contribution in [0.4, 0.5) is 0 Å². The SMILES string of the molecule is Cc1nc(C2(C)CCCO2)nc(Cl)c1C. The Morgan fingerprint density at radius 1 is 1.33 bits per heavy atom. The predicted molar refractivity (Wildman–Crippen MR) is 59.1 cm³/mol. The summed E-state index contributed by atoms with van der Waals surface area (Å²) < 4.78 is 5.69. The highest BCUT2D eigenvalue weighted by Crippen LogP contribution is 2.34. The number of hydrogen-bond donors (Lipinski definition) is 0. The highest BCUT2D eigenvalue weighted by Gasteiger charge is 2.35. The van der Waals surface area contributed by atoms with E-state index in [1.54, 1.807) is 0 Å². The minimum atomic E-state index is -0.345. The molecule has 2 heterocycles. The van der Waals surface area contributed by atoms with Gasteiger partial charge in [0.05, 0.1) is 0 Å². The number of aromatic nitrogens is 2. The topological polar surface area (TPSA) is 35.0 Å². The largest absolute Gasteiger partial charge is 0.367 e. The zero-order valence-electron chi connectivity index (χ0n) is 9.30. The van der Waals surface area contributed by atoms with Crippen LogP contribution in [-0.2, 0) is 10.3 Å². The standard InChI is InChI=1S/C11H15ClN2O/c1-7-8(2)13-10(14-9(7)12)11(3)5-4-6-15-11/h4-6H2,1-3H3. The van der Waals surface area contributed by atoms with E-state index in [0.717, 1.165) is 30.7 Å². The van der Waals surface area contributed by atoms with Gasteiger partial charge in [0.15, 0.2) is 5.82 Å². The number of nitrogens with zero attached hydrogens (tertiary/aromatic N) is 2. The van der Waals surface area contributed by atoms with Crippen molar-refractivity contribution in [2.75, 3.05) is 6.61 Å². The van der Waals surface area contributed by atoms with Crippen LogP contribution in [0.25, 0.3) is 0 Å². The minimum Gasteiger partial charge on any atom is -0.367 e. The maximum absolute atomic E-state index is 6.05. The zero-order valence-corrected chi connectivity index (χ0v) is 10.1. The highest BCUT2D eigenvalue weighted by molar-refractivity contribution is 6.30. The predicted octanol–water partition coefficient (Wildman–Crippen LogP) is 2.77. The van der Waals surface area contributed by atoms with E-state index in [4.69, 9.17) is 16.3 Å². The van der Waals surface area contributed by atoms with Crippen molar-refractivity contribution in [3.8, 4) is 0 Å². The van der Waals surface area contributed by atoms with Crippen molar-refractivity contribution < 1.29 is 4.74 Å². The molecular formula is C11H15ClN2O. The fraction of sp³-hybridized carbons (Fsp3) is 0.636. The molecule has 82 valence electrons. The van der Waals surface area contributed by atoms with Gasteiger partial charge in [0.25, 0.3) is 0 Å². The fourth-order valence-electron chi connectivity index (χ4n) is 1.79. The fourth-order valence-corrected chi connectivity index (χ4v) is 2.00. The van der Waals surface area contributed by atoms with Gasteiger partial charge in [0.2, 0.25) is 0 Å². The van der Waals surface area contributed by atoms with Crippen molar-refractivity contribution in [3.05, 3.63) is 22.2 Å². The van der Waals surface area contributed by atoms with Gasteiger partial charge in [-0.15, -0.1) is 0 Å². The van der Waals surface area contributed by atoms with Crippen LogP contribution in [0, 0.1) is 13.8 Å². The summed E-state index contributed by atoms with van der Waals surface area (Å²) in [6.07, 6.45) is 2.02. The maximum atomic E-state index is 6.05. The van der Waals surface area contributed by atoms with Crippen molar-refractivity contribution in [3.63, 3.8) is 0 Å². The van der Waals surface area contributed by atoms with Crippen LogP contribution in [0.3, 0.4) is 0 Å². The van der Waals surface area contributed by atoms with E-state index < -0.39 is 0 Å². The summed E-state index contributed by atoms with van der Waals surface area (Å²) in [4.78, 5) is 8.78. The van der Waals surface area contributed by atoms with E-state index in [1.807, 2.05) is 20.8 Å². The molecule has 1 unspecified atom stereocenters. The summed E-state index contributed by atoms with van der Waals surface area (Å²) in [5.74, 6) is 0.716. The van der Waals surface area contributed by atoms with Crippen molar-refractivity contribution in [1.29, 1.82) is 0 Å². The second-order valence-corrected chi connectivity index (χ2v) is 4.59. The smallest absolute Gasteiger partial charge is 0.161 e. The van der Waals surface area contributed by atoms with E-state index >= 15 is 0 Å². The van der Waals surface area contributed by atoms with Gasteiger partial charge in [-0.25, -0.2) is 9.97 Å². The van der Waals surface area contributed by atoms with Crippen LogP contribution in [0.5, 0.6) is 0 Å². The van der Waals surface area contributed by atoms with Crippen LogP contribution in [0.15, 0.2) is 0 Å². The summed E-state index contributed by atoms with van der Waals surface area (Å²) in [5, 5.41) is 0.536. The van der Waals surface area contributed by atoms with Crippen LogP contribution in [0.2, 0.25) is 5.15 Å². The molecule has 1 aromatic heterocycles. The lowest BCUT2D eigenvalue weighted by Gasteiger charge is -2.22. The Bertz CT molecular complexity index is 363. The van der Waals surface area contributed by atoms with Gasteiger partial charge in [-0.2, -0.15) is 0 Å². The first kappa shape index (κ1) is 10.8. The second kappa shape index (κ2) is 3.72. The molecule has 0 bridgehead atoms. The van der Waals surface area contributed by atoms with Gasteiger partial charge in [-0.1, -0.05) is 11.6 Å². The molecule has 0 saturated carbocycles. The molecule has 3 nitrogen and oxygen atoms in total. The van der Waals surface area contributed by atoms with Gasteiger partial charge >= 0.3 is 0 Å². The Labute approximate surface area is 94.8 Å². The van der Waals surface area contributed by atoms with Crippen LogP contribution < -0.4 is 0 Å². The van der Waals surface area contributed by atoms with E-state index in [2.05, 4.69) is 9.97 Å². The minimum absolute atomic E-state index is 0.345. The summed E-state index contributed by atoms with van der Waals surface area (Å²) in [7, 11) is 0. The van der Waals surface area contributed by atoms with Gasteiger partial charge in [-0.3, -0.25) is 0 Å². The summed E-state index contributed by atoms with van der Waals surface area (Å²) in [6.45, 7) is 6.69. The molecule has 0 aromatic carbocycles. The number of ether oxygens (including phenoxy) is 1. The lowest BCUT2D eigenvalue weighted by molar-refractivity contribution is 0.00918. The molecule has 15 heavy (non-hydrogen) atoms. The van der Waals surface area contributed by atoms with Gasteiger partial charge < -0.3 is 4.74 Å². The normalized spacial score (nSPS) is 25.9. The molecule has 0 N–H and O–H groups in total. The van der Waals surface area contributed by atoms with Crippen molar-refractivity contribution >= 4 is 11.6 Å². The van der Waals surface area contributed by atoms with Crippen LogP contribution >= 0.6 is 11.6 Å². The molecular weight excluding hydrogens is 212 g/mol. The molecule has 1 saturated heterocycles. The summed E-state index contributed by atoms with van der Waals surface area (Å²) in [5.41, 5.74) is 1.53. The van der Waals surface area contributed by atoms with E-state index in [1.165, 1.54) is 0 Å². The van der Waals surface area contributed by atoms with Crippen molar-refractivity contribution in [2.45, 2.75) is 39.2 Å². The third-order valence-electron chi connectivity index (χ3n) is 3.02. The monoisotopic (exact) mass is 226 g/mol. The average molecular weight is 227 g/mol. The molecule has 4 heteroatoms. The number of rotatable bonds is 1. The molecule has 1 atom stereocenters. The average Bonchev–Trinajstić information content (AvgIpc) is 2.62. The molecule has 1 fully saturated rings. The van der Waals surface area contributed by atoms with Gasteiger partial charge in [0, 0.05) is 17.9 Å². The number of aryl methyl sites for hydroxylation is 1. The second-order valence-electron chi connectivity index (χ2n) is 4.23. The lowest BCUT2D eigenvalue weighted by Crippen LogP contribution is -2.24. The molecule has 2 rings (SSSR count). The Balaban J connectivity index is 2.45. The van der Waals surface area contributed by atoms with Crippen LogP contribution in [-0.4, -0.2) is 16.6 Å². The molecule has 0 aliphatic carbocycles. The van der Waals surface area contributed by atoms with E-state index in [0.29, 0.717) is 11.0 Å². The quantitative estimate of drug-likeness (QED) is 0.691. The summed E-state index contributed by atoms with van der Waals surface area (Å²) >= 11 is 6.05. The molecule has 1 aliphatic heterocycles. The Kier molecular flexibility index (Phi) is 2.69. The van der Waals surface area contributed by atoms with Gasteiger partial charge in [-0.05, 0) is 33.6 Å². The molecule has 1 aromatic rings. The Morgan fingerprint density at radius 3 is 2.60 bits per heavy atom. The van der Waals surface area contributed by atoms with E-state index in [-0.39, 0.29) is 5.60 Å². The maximum Gasteiger partial charge on any atom is 0.161 e. The van der Waals surface area contributed by atoms with E-state index in [9.17, 15) is 0 Å². The highest BCUT2D eigenvalue weighted by atomic mass is 35.5. The lowest BCUT2D eigenvalue weighted by atomic mass is 10.0. The molecule has 0 amide bonds. The Morgan fingerprint density at radius 2 is 2.07 bits per heavy atom. The molecule has 0 radical (unpaired) electrons. The Hall–Kier alpha value is -0.670. The number of halogens is 1. The third-order valence-corrected chi connectivity index (χ3v) is 3.39. The summed E-state index contributed by atoms with van der Waals surface area (Å²) in [6, 6.07) is 0. The van der Waals surface area contributed by atoms with Crippen LogP contribution in [0.1, 0.15) is 36.8 Å². The first-order chi connectivity index (χ1) is 7.03. The van der Waals surface area contributed by atoms with Crippen molar-refractivity contribution in [2.24, 2.45) is 0 Å². The first-order valence-corrected chi connectivity index (χ1v) is 5.56. The third kappa shape index (κ3) is 1.86. The van der Waals surface area contributed by atoms with Crippen molar-refractivity contribution in [1.82, 2.24) is 9.97 Å².